The highest BCUT2D eigenvalue weighted by atomic mass is 16.6. The average Bonchev–Trinajstić information content (AvgIpc) is 3.14. The van der Waals surface area contributed by atoms with Crippen molar-refractivity contribution < 1.29 is 9.53 Å². The maximum absolute atomic E-state index is 11.8. The summed E-state index contributed by atoms with van der Waals surface area (Å²) in [6, 6.07) is 2.12. The number of nitrogens with zero attached hydrogens (tertiary/aromatic N) is 4. The molecule has 1 N–H and O–H groups in total. The van der Waals surface area contributed by atoms with Crippen molar-refractivity contribution in [2.45, 2.75) is 52.1 Å². The Morgan fingerprint density at radius 1 is 1.12 bits per heavy atom. The number of anilines is 2. The van der Waals surface area contributed by atoms with Gasteiger partial charge in [-0.15, -0.1) is 0 Å². The van der Waals surface area contributed by atoms with E-state index < -0.39 is 5.60 Å². The number of carbonyl (C=O) groups is 1. The van der Waals surface area contributed by atoms with Crippen LogP contribution < -0.4 is 15.1 Å². The quantitative estimate of drug-likeness (QED) is 0.889. The molecule has 0 bridgehead atoms. The van der Waals surface area contributed by atoms with E-state index >= 15 is 0 Å². The molecule has 0 unspecified atom stereocenters. The monoisotopic (exact) mass is 361 g/mol. The molecule has 26 heavy (non-hydrogen) atoms. The van der Waals surface area contributed by atoms with Crippen LogP contribution in [0.3, 0.4) is 0 Å². The first-order chi connectivity index (χ1) is 12.4. The van der Waals surface area contributed by atoms with E-state index in [-0.39, 0.29) is 6.09 Å². The summed E-state index contributed by atoms with van der Waals surface area (Å²) in [4.78, 5) is 25.4. The molecule has 2 fully saturated rings. The van der Waals surface area contributed by atoms with Crippen molar-refractivity contribution in [2.75, 3.05) is 42.5 Å². The molecule has 3 heterocycles. The van der Waals surface area contributed by atoms with Gasteiger partial charge in [0.15, 0.2) is 0 Å². The van der Waals surface area contributed by atoms with Crippen molar-refractivity contribution in [3.05, 3.63) is 12.4 Å². The summed E-state index contributed by atoms with van der Waals surface area (Å²) in [6.45, 7) is 10.4. The van der Waals surface area contributed by atoms with Crippen molar-refractivity contribution in [1.82, 2.24) is 15.3 Å². The van der Waals surface area contributed by atoms with Crippen molar-refractivity contribution in [3.8, 4) is 0 Å². The zero-order valence-corrected chi connectivity index (χ0v) is 16.2. The number of nitrogens with one attached hydrogen (secondary N) is 1. The molecule has 1 aromatic rings. The van der Waals surface area contributed by atoms with Crippen molar-refractivity contribution in [1.29, 1.82) is 0 Å². The van der Waals surface area contributed by atoms with Crippen LogP contribution in [0, 0.1) is 5.92 Å². The molecule has 2 saturated heterocycles. The van der Waals surface area contributed by atoms with Gasteiger partial charge < -0.3 is 19.9 Å². The van der Waals surface area contributed by atoms with E-state index in [0.29, 0.717) is 12.5 Å². The van der Waals surface area contributed by atoms with Gasteiger partial charge >= 0.3 is 6.09 Å². The second-order valence-corrected chi connectivity index (χ2v) is 8.24. The predicted molar refractivity (Wildman–Crippen MR) is 103 cm³/mol. The van der Waals surface area contributed by atoms with Crippen LogP contribution in [-0.2, 0) is 4.74 Å². The zero-order valence-electron chi connectivity index (χ0n) is 16.2. The third-order valence-corrected chi connectivity index (χ3v) is 4.94. The van der Waals surface area contributed by atoms with Crippen LogP contribution in [0.4, 0.5) is 16.4 Å². The molecule has 7 heteroatoms. The van der Waals surface area contributed by atoms with Gasteiger partial charge in [-0.05, 0) is 52.4 Å². The highest BCUT2D eigenvalue weighted by Crippen LogP contribution is 2.25. The molecule has 0 atom stereocenters. The molecular weight excluding hydrogens is 330 g/mol. The fourth-order valence-electron chi connectivity index (χ4n) is 3.54. The third kappa shape index (κ3) is 5.22. The fourth-order valence-corrected chi connectivity index (χ4v) is 3.54. The smallest absolute Gasteiger partial charge is 0.407 e. The standard InChI is InChI=1S/C19H31N5O2/c1-19(2,3)26-18(25)20-13-15-6-10-24(11-7-15)17-12-16(21-14-22-17)23-8-4-5-9-23/h12,14-15H,4-11,13H2,1-3H3,(H,20,25). The van der Waals surface area contributed by atoms with Crippen LogP contribution in [0.15, 0.2) is 12.4 Å². The van der Waals surface area contributed by atoms with Gasteiger partial charge in [0.05, 0.1) is 0 Å². The molecule has 3 rings (SSSR count). The van der Waals surface area contributed by atoms with Crippen LogP contribution in [0.2, 0.25) is 0 Å². The molecule has 7 nitrogen and oxygen atoms in total. The van der Waals surface area contributed by atoms with Crippen LogP contribution in [0.1, 0.15) is 46.5 Å². The van der Waals surface area contributed by atoms with Crippen molar-refractivity contribution in [2.24, 2.45) is 5.92 Å². The van der Waals surface area contributed by atoms with Crippen LogP contribution in [0.25, 0.3) is 0 Å². The highest BCUT2D eigenvalue weighted by molar-refractivity contribution is 5.67. The van der Waals surface area contributed by atoms with Gasteiger partial charge in [-0.25, -0.2) is 14.8 Å². The van der Waals surface area contributed by atoms with E-state index in [1.165, 1.54) is 12.8 Å². The van der Waals surface area contributed by atoms with Gasteiger partial charge in [0.1, 0.15) is 23.6 Å². The number of ether oxygens (including phenoxy) is 1. The highest BCUT2D eigenvalue weighted by Gasteiger charge is 2.23. The largest absolute Gasteiger partial charge is 0.444 e. The minimum Gasteiger partial charge on any atom is -0.444 e. The maximum atomic E-state index is 11.8. The number of rotatable bonds is 4. The zero-order chi connectivity index (χ0) is 18.6. The molecule has 144 valence electrons. The Balaban J connectivity index is 1.46. The van der Waals surface area contributed by atoms with E-state index in [1.54, 1.807) is 6.33 Å². The minimum absolute atomic E-state index is 0.328. The summed E-state index contributed by atoms with van der Waals surface area (Å²) in [5.41, 5.74) is -0.451. The number of hydrogen-bond acceptors (Lipinski definition) is 6. The number of aromatic nitrogens is 2. The Labute approximate surface area is 156 Å². The second-order valence-electron chi connectivity index (χ2n) is 8.24. The Bertz CT molecular complexity index is 602. The van der Waals surface area contributed by atoms with E-state index in [4.69, 9.17) is 4.74 Å². The number of carbonyl (C=O) groups excluding carboxylic acids is 1. The fraction of sp³-hybridized carbons (Fsp3) is 0.737. The topological polar surface area (TPSA) is 70.6 Å². The molecule has 0 aliphatic carbocycles. The minimum atomic E-state index is -0.451. The van der Waals surface area contributed by atoms with Crippen molar-refractivity contribution in [3.63, 3.8) is 0 Å². The second kappa shape index (κ2) is 8.10. The summed E-state index contributed by atoms with van der Waals surface area (Å²) in [5.74, 6) is 2.54. The van der Waals surface area contributed by atoms with Gasteiger partial charge in [0, 0.05) is 38.8 Å². The average molecular weight is 361 g/mol. The van der Waals surface area contributed by atoms with E-state index in [0.717, 1.165) is 50.7 Å². The summed E-state index contributed by atoms with van der Waals surface area (Å²) >= 11 is 0. The summed E-state index contributed by atoms with van der Waals surface area (Å²) in [5, 5.41) is 2.90. The van der Waals surface area contributed by atoms with E-state index in [1.807, 2.05) is 20.8 Å². The third-order valence-electron chi connectivity index (χ3n) is 4.94. The lowest BCUT2D eigenvalue weighted by molar-refractivity contribution is 0.0517. The van der Waals surface area contributed by atoms with Gasteiger partial charge in [0.2, 0.25) is 0 Å². The Hall–Kier alpha value is -2.05. The molecule has 0 radical (unpaired) electrons. The first-order valence-electron chi connectivity index (χ1n) is 9.69. The SMILES string of the molecule is CC(C)(C)OC(=O)NCC1CCN(c2cc(N3CCCC3)ncn2)CC1. The summed E-state index contributed by atoms with van der Waals surface area (Å²) in [6.07, 6.45) is 5.92. The number of piperidine rings is 1. The molecular formula is C19H31N5O2. The lowest BCUT2D eigenvalue weighted by Crippen LogP contribution is -2.40. The first kappa shape index (κ1) is 18.7. The number of hydrogen-bond donors (Lipinski definition) is 1. The van der Waals surface area contributed by atoms with Crippen LogP contribution in [0.5, 0.6) is 0 Å². The molecule has 2 aliphatic rings. The molecule has 1 amide bonds. The normalized spacial score (nSPS) is 18.9. The summed E-state index contributed by atoms with van der Waals surface area (Å²) in [7, 11) is 0. The Morgan fingerprint density at radius 2 is 1.69 bits per heavy atom. The number of amides is 1. The maximum Gasteiger partial charge on any atom is 0.407 e. The lowest BCUT2D eigenvalue weighted by Gasteiger charge is -2.33. The van der Waals surface area contributed by atoms with Crippen LogP contribution in [-0.4, -0.2) is 54.4 Å². The van der Waals surface area contributed by atoms with Gasteiger partial charge in [-0.2, -0.15) is 0 Å². The number of alkyl carbamates (subject to hydrolysis) is 1. The van der Waals surface area contributed by atoms with Gasteiger partial charge in [-0.3, -0.25) is 0 Å². The summed E-state index contributed by atoms with van der Waals surface area (Å²) < 4.78 is 5.30. The lowest BCUT2D eigenvalue weighted by atomic mass is 9.97. The Morgan fingerprint density at radius 3 is 2.27 bits per heavy atom. The molecule has 1 aromatic heterocycles. The molecule has 0 spiro atoms. The predicted octanol–water partition coefficient (Wildman–Crippen LogP) is 2.82. The van der Waals surface area contributed by atoms with Gasteiger partial charge in [0.25, 0.3) is 0 Å². The first-order valence-corrected chi connectivity index (χ1v) is 9.69. The van der Waals surface area contributed by atoms with E-state index in [9.17, 15) is 4.79 Å². The van der Waals surface area contributed by atoms with E-state index in [2.05, 4.69) is 31.2 Å². The molecule has 0 aromatic carbocycles. The van der Waals surface area contributed by atoms with Crippen LogP contribution >= 0.6 is 0 Å². The molecule has 0 saturated carbocycles. The van der Waals surface area contributed by atoms with Crippen molar-refractivity contribution >= 4 is 17.7 Å². The van der Waals surface area contributed by atoms with Gasteiger partial charge in [-0.1, -0.05) is 0 Å². The Kier molecular flexibility index (Phi) is 5.84. The molecule has 2 aliphatic heterocycles.